The highest BCUT2D eigenvalue weighted by molar-refractivity contribution is 5.82. The Kier molecular flexibility index (Phi) is 5.83. The summed E-state index contributed by atoms with van der Waals surface area (Å²) in [5.41, 5.74) is -0.171. The third-order valence-corrected chi connectivity index (χ3v) is 2.55. The highest BCUT2D eigenvalue weighted by Crippen LogP contribution is 2.07. The summed E-state index contributed by atoms with van der Waals surface area (Å²) in [5, 5.41) is 14.8. The summed E-state index contributed by atoms with van der Waals surface area (Å²) < 4.78 is 0. The smallest absolute Gasteiger partial charge is 0.237 e. The Hall–Kier alpha value is -0.610. The molecule has 0 saturated heterocycles. The Balaban J connectivity index is 4.10. The van der Waals surface area contributed by atoms with Gasteiger partial charge in [0.1, 0.15) is 0 Å². The van der Waals surface area contributed by atoms with Crippen molar-refractivity contribution in [2.24, 2.45) is 0 Å². The predicted molar refractivity (Wildman–Crippen MR) is 61.7 cm³/mol. The number of hydrogen-bond acceptors (Lipinski definition) is 3. The fourth-order valence-corrected chi connectivity index (χ4v) is 1.09. The van der Waals surface area contributed by atoms with Gasteiger partial charge in [0.15, 0.2) is 0 Å². The number of amides is 1. The van der Waals surface area contributed by atoms with Crippen molar-refractivity contribution in [3.8, 4) is 0 Å². The van der Waals surface area contributed by atoms with Gasteiger partial charge >= 0.3 is 0 Å². The second kappa shape index (κ2) is 6.08. The standard InChI is InChI=1S/C11H24N2O2/c1-6-11(4,5)13-10(15)9(3)12-8(2)7-14/h8-9,12,14H,6-7H2,1-5H3,(H,13,15). The third-order valence-electron chi connectivity index (χ3n) is 2.55. The zero-order valence-corrected chi connectivity index (χ0v) is 10.4. The second-order valence-electron chi connectivity index (χ2n) is 4.70. The molecule has 90 valence electrons. The Morgan fingerprint density at radius 3 is 2.33 bits per heavy atom. The quantitative estimate of drug-likeness (QED) is 0.611. The van der Waals surface area contributed by atoms with Gasteiger partial charge in [-0.3, -0.25) is 4.79 Å². The maximum absolute atomic E-state index is 11.7. The fourth-order valence-electron chi connectivity index (χ4n) is 1.09. The highest BCUT2D eigenvalue weighted by atomic mass is 16.3. The number of hydrogen-bond donors (Lipinski definition) is 3. The lowest BCUT2D eigenvalue weighted by atomic mass is 10.0. The molecule has 0 saturated carbocycles. The molecular formula is C11H24N2O2. The molecule has 0 heterocycles. The summed E-state index contributed by atoms with van der Waals surface area (Å²) in [6.45, 7) is 9.70. The van der Waals surface area contributed by atoms with Crippen molar-refractivity contribution in [2.45, 2.75) is 58.7 Å². The van der Waals surface area contributed by atoms with Crippen LogP contribution in [-0.2, 0) is 4.79 Å². The summed E-state index contributed by atoms with van der Waals surface area (Å²) in [7, 11) is 0. The lowest BCUT2D eigenvalue weighted by molar-refractivity contribution is -0.124. The zero-order chi connectivity index (χ0) is 12.1. The van der Waals surface area contributed by atoms with E-state index in [4.69, 9.17) is 5.11 Å². The van der Waals surface area contributed by atoms with Crippen LogP contribution in [0.3, 0.4) is 0 Å². The monoisotopic (exact) mass is 216 g/mol. The molecule has 0 aromatic rings. The maximum Gasteiger partial charge on any atom is 0.237 e. The SMILES string of the molecule is CCC(C)(C)NC(=O)C(C)NC(C)CO. The van der Waals surface area contributed by atoms with E-state index in [9.17, 15) is 4.79 Å². The number of nitrogens with one attached hydrogen (secondary N) is 2. The van der Waals surface area contributed by atoms with Crippen molar-refractivity contribution < 1.29 is 9.90 Å². The van der Waals surface area contributed by atoms with E-state index in [1.54, 1.807) is 6.92 Å². The Bertz CT molecular complexity index is 205. The van der Waals surface area contributed by atoms with Crippen LogP contribution in [0.2, 0.25) is 0 Å². The Morgan fingerprint density at radius 1 is 1.40 bits per heavy atom. The van der Waals surface area contributed by atoms with Gasteiger partial charge in [-0.2, -0.15) is 0 Å². The van der Waals surface area contributed by atoms with Gasteiger partial charge in [-0.1, -0.05) is 6.92 Å². The molecule has 1 amide bonds. The summed E-state index contributed by atoms with van der Waals surface area (Å²) in [6.07, 6.45) is 0.890. The molecule has 0 aromatic heterocycles. The lowest BCUT2D eigenvalue weighted by Crippen LogP contribution is -2.52. The molecule has 0 radical (unpaired) electrons. The van der Waals surface area contributed by atoms with Crippen LogP contribution in [-0.4, -0.2) is 35.2 Å². The molecule has 0 spiro atoms. The largest absolute Gasteiger partial charge is 0.395 e. The van der Waals surface area contributed by atoms with Crippen LogP contribution in [0.15, 0.2) is 0 Å². The first-order valence-electron chi connectivity index (χ1n) is 5.51. The van der Waals surface area contributed by atoms with Crippen LogP contribution >= 0.6 is 0 Å². The van der Waals surface area contributed by atoms with Crippen LogP contribution in [0.5, 0.6) is 0 Å². The molecule has 0 fully saturated rings. The van der Waals surface area contributed by atoms with E-state index in [-0.39, 0.29) is 30.1 Å². The zero-order valence-electron chi connectivity index (χ0n) is 10.4. The van der Waals surface area contributed by atoms with Gasteiger partial charge in [0, 0.05) is 11.6 Å². The minimum Gasteiger partial charge on any atom is -0.395 e. The first-order valence-corrected chi connectivity index (χ1v) is 5.51. The topological polar surface area (TPSA) is 61.4 Å². The average molecular weight is 216 g/mol. The molecule has 0 aromatic carbocycles. The van der Waals surface area contributed by atoms with Gasteiger partial charge in [-0.25, -0.2) is 0 Å². The van der Waals surface area contributed by atoms with E-state index < -0.39 is 0 Å². The van der Waals surface area contributed by atoms with Gasteiger partial charge in [0.25, 0.3) is 0 Å². The number of rotatable bonds is 6. The summed E-state index contributed by atoms with van der Waals surface area (Å²) >= 11 is 0. The minimum atomic E-state index is -0.280. The van der Waals surface area contributed by atoms with E-state index in [2.05, 4.69) is 10.6 Å². The molecule has 3 N–H and O–H groups in total. The number of carbonyl (C=O) groups is 1. The molecule has 15 heavy (non-hydrogen) atoms. The molecule has 2 unspecified atom stereocenters. The first kappa shape index (κ1) is 14.4. The van der Waals surface area contributed by atoms with Crippen LogP contribution < -0.4 is 10.6 Å². The molecule has 0 bridgehead atoms. The Morgan fingerprint density at radius 2 is 1.93 bits per heavy atom. The average Bonchev–Trinajstić information content (AvgIpc) is 2.16. The van der Waals surface area contributed by atoms with Crippen LogP contribution in [0.4, 0.5) is 0 Å². The van der Waals surface area contributed by atoms with E-state index in [1.807, 2.05) is 27.7 Å². The first-order chi connectivity index (χ1) is 6.82. The highest BCUT2D eigenvalue weighted by Gasteiger charge is 2.22. The normalized spacial score (nSPS) is 15.9. The number of aliphatic hydroxyl groups is 1. The van der Waals surface area contributed by atoms with Gasteiger partial charge in [-0.15, -0.1) is 0 Å². The van der Waals surface area contributed by atoms with Crippen LogP contribution in [0.25, 0.3) is 0 Å². The minimum absolute atomic E-state index is 0.0258. The molecule has 4 nitrogen and oxygen atoms in total. The molecule has 0 aliphatic heterocycles. The molecule has 2 atom stereocenters. The van der Waals surface area contributed by atoms with Crippen LogP contribution in [0, 0.1) is 0 Å². The Labute approximate surface area is 92.4 Å². The number of aliphatic hydroxyl groups excluding tert-OH is 1. The number of carbonyl (C=O) groups excluding carboxylic acids is 1. The van der Waals surface area contributed by atoms with Crippen molar-refractivity contribution >= 4 is 5.91 Å². The van der Waals surface area contributed by atoms with Crippen molar-refractivity contribution in [1.82, 2.24) is 10.6 Å². The maximum atomic E-state index is 11.7. The van der Waals surface area contributed by atoms with E-state index in [0.717, 1.165) is 6.42 Å². The van der Waals surface area contributed by atoms with E-state index in [1.165, 1.54) is 0 Å². The third kappa shape index (κ3) is 5.74. The molecule has 4 heteroatoms. The van der Waals surface area contributed by atoms with Crippen molar-refractivity contribution in [2.75, 3.05) is 6.61 Å². The summed E-state index contributed by atoms with van der Waals surface area (Å²) in [4.78, 5) is 11.7. The van der Waals surface area contributed by atoms with Gasteiger partial charge < -0.3 is 15.7 Å². The van der Waals surface area contributed by atoms with Crippen LogP contribution in [0.1, 0.15) is 41.0 Å². The lowest BCUT2D eigenvalue weighted by Gasteiger charge is -2.27. The fraction of sp³-hybridized carbons (Fsp3) is 0.909. The van der Waals surface area contributed by atoms with Gasteiger partial charge in [-0.05, 0) is 34.1 Å². The predicted octanol–water partition coefficient (Wildman–Crippen LogP) is 0.650. The molecule has 0 aliphatic rings. The van der Waals surface area contributed by atoms with E-state index in [0.29, 0.717) is 0 Å². The summed E-state index contributed by atoms with van der Waals surface area (Å²) in [5.74, 6) is -0.0258. The van der Waals surface area contributed by atoms with Crippen molar-refractivity contribution in [1.29, 1.82) is 0 Å². The van der Waals surface area contributed by atoms with Gasteiger partial charge in [0.05, 0.1) is 12.6 Å². The molecule has 0 aliphatic carbocycles. The van der Waals surface area contributed by atoms with Crippen molar-refractivity contribution in [3.05, 3.63) is 0 Å². The van der Waals surface area contributed by atoms with E-state index >= 15 is 0 Å². The summed E-state index contributed by atoms with van der Waals surface area (Å²) in [6, 6.07) is -0.339. The molecule has 0 rings (SSSR count). The second-order valence-corrected chi connectivity index (χ2v) is 4.70. The molecular weight excluding hydrogens is 192 g/mol. The van der Waals surface area contributed by atoms with Crippen molar-refractivity contribution in [3.63, 3.8) is 0 Å². The van der Waals surface area contributed by atoms with Gasteiger partial charge in [0.2, 0.25) is 5.91 Å².